The molecule has 1 aliphatic carbocycles. The number of ether oxygens (including phenoxy) is 1. The molecule has 0 radical (unpaired) electrons. The number of hydrogen-bond donors (Lipinski definition) is 0. The minimum Gasteiger partial charge on any atom is -0.457 e. The zero-order valence-corrected chi connectivity index (χ0v) is 13.9. The molecule has 0 aliphatic heterocycles. The first-order valence-corrected chi connectivity index (χ1v) is 8.34. The fourth-order valence-electron chi connectivity index (χ4n) is 3.43. The van der Waals surface area contributed by atoms with E-state index in [4.69, 9.17) is 4.74 Å². The number of halogens is 3. The van der Waals surface area contributed by atoms with Crippen molar-refractivity contribution in [3.8, 4) is 0 Å². The smallest absolute Gasteiger partial charge is 0.317 e. The van der Waals surface area contributed by atoms with Gasteiger partial charge in [0.25, 0.3) is 0 Å². The summed E-state index contributed by atoms with van der Waals surface area (Å²) in [6, 6.07) is 8.26. The fraction of sp³-hybridized carbons (Fsp3) is 0.300. The third-order valence-corrected chi connectivity index (χ3v) is 4.79. The average Bonchev–Trinajstić information content (AvgIpc) is 3.12. The lowest BCUT2D eigenvalue weighted by Crippen LogP contribution is -2.36. The van der Waals surface area contributed by atoms with Crippen LogP contribution in [0.1, 0.15) is 41.6 Å². The quantitative estimate of drug-likeness (QED) is 0.587. The Bertz CT molecular complexity index is 842. The molecule has 3 nitrogen and oxygen atoms in total. The minimum atomic E-state index is -1.01. The molecule has 0 amide bonds. The lowest BCUT2D eigenvalue weighted by atomic mass is 9.79. The van der Waals surface area contributed by atoms with Gasteiger partial charge < -0.3 is 4.74 Å². The number of carbonyl (C=O) groups is 2. The van der Waals surface area contributed by atoms with Crippen LogP contribution >= 0.6 is 0 Å². The number of esters is 1. The van der Waals surface area contributed by atoms with Crippen molar-refractivity contribution in [2.75, 3.05) is 6.61 Å². The van der Waals surface area contributed by atoms with Gasteiger partial charge in [-0.1, -0.05) is 25.0 Å². The number of rotatable bonds is 5. The highest BCUT2D eigenvalue weighted by Crippen LogP contribution is 2.42. The van der Waals surface area contributed by atoms with Crippen LogP contribution in [0.4, 0.5) is 13.2 Å². The second kappa shape index (κ2) is 7.32. The molecule has 3 rings (SSSR count). The Balaban J connectivity index is 1.77. The predicted octanol–water partition coefficient (Wildman–Crippen LogP) is 4.34. The molecule has 0 N–H and O–H groups in total. The molecule has 0 spiro atoms. The van der Waals surface area contributed by atoms with Gasteiger partial charge in [-0.2, -0.15) is 0 Å². The van der Waals surface area contributed by atoms with Crippen molar-refractivity contribution < 1.29 is 27.5 Å². The van der Waals surface area contributed by atoms with E-state index in [-0.39, 0.29) is 0 Å². The third kappa shape index (κ3) is 3.49. The normalized spacial score (nSPS) is 15.7. The molecule has 0 saturated heterocycles. The monoisotopic (exact) mass is 362 g/mol. The lowest BCUT2D eigenvalue weighted by Gasteiger charge is -2.27. The van der Waals surface area contributed by atoms with Crippen LogP contribution in [0.3, 0.4) is 0 Å². The Morgan fingerprint density at radius 1 is 0.962 bits per heavy atom. The molecule has 0 bridgehead atoms. The molecule has 0 aromatic heterocycles. The van der Waals surface area contributed by atoms with E-state index >= 15 is 0 Å². The summed E-state index contributed by atoms with van der Waals surface area (Å²) >= 11 is 0. The van der Waals surface area contributed by atoms with E-state index in [1.54, 1.807) is 6.07 Å². The first-order valence-electron chi connectivity index (χ1n) is 8.34. The summed E-state index contributed by atoms with van der Waals surface area (Å²) in [6.45, 7) is -0.698. The zero-order chi connectivity index (χ0) is 18.7. The van der Waals surface area contributed by atoms with Crippen molar-refractivity contribution in [2.24, 2.45) is 0 Å². The second-order valence-electron chi connectivity index (χ2n) is 6.42. The first kappa shape index (κ1) is 18.2. The zero-order valence-electron chi connectivity index (χ0n) is 13.9. The van der Waals surface area contributed by atoms with E-state index < -0.39 is 46.8 Å². The van der Waals surface area contributed by atoms with E-state index in [1.807, 2.05) is 0 Å². The van der Waals surface area contributed by atoms with Crippen LogP contribution < -0.4 is 0 Å². The Morgan fingerprint density at radius 2 is 1.65 bits per heavy atom. The summed E-state index contributed by atoms with van der Waals surface area (Å²) in [5.41, 5.74) is -0.975. The predicted molar refractivity (Wildman–Crippen MR) is 88.2 cm³/mol. The molecule has 0 atom stereocenters. The molecular weight excluding hydrogens is 345 g/mol. The van der Waals surface area contributed by atoms with E-state index in [1.165, 1.54) is 18.2 Å². The molecule has 136 valence electrons. The molecule has 1 saturated carbocycles. The highest BCUT2D eigenvalue weighted by molar-refractivity contribution is 5.98. The maximum absolute atomic E-state index is 13.7. The van der Waals surface area contributed by atoms with Crippen molar-refractivity contribution in [1.29, 1.82) is 0 Å². The summed E-state index contributed by atoms with van der Waals surface area (Å²) < 4.78 is 45.6. The van der Waals surface area contributed by atoms with E-state index in [9.17, 15) is 22.8 Å². The second-order valence-corrected chi connectivity index (χ2v) is 6.42. The molecule has 0 heterocycles. The molecule has 2 aromatic carbocycles. The van der Waals surface area contributed by atoms with Gasteiger partial charge in [0.1, 0.15) is 17.5 Å². The summed E-state index contributed by atoms with van der Waals surface area (Å²) in [4.78, 5) is 24.8. The number of benzene rings is 2. The maximum atomic E-state index is 13.7. The molecule has 26 heavy (non-hydrogen) atoms. The van der Waals surface area contributed by atoms with Gasteiger partial charge in [0.05, 0.1) is 11.0 Å². The molecule has 1 fully saturated rings. The van der Waals surface area contributed by atoms with Gasteiger partial charge in [-0.3, -0.25) is 9.59 Å². The van der Waals surface area contributed by atoms with Gasteiger partial charge in [-0.15, -0.1) is 0 Å². The highest BCUT2D eigenvalue weighted by atomic mass is 19.1. The summed E-state index contributed by atoms with van der Waals surface area (Å²) in [7, 11) is 0. The van der Waals surface area contributed by atoms with Gasteiger partial charge in [0.15, 0.2) is 6.61 Å². The standard InChI is InChI=1S/C20H17F3O3/c21-14-5-3-4-13(10-14)20(8-1-2-9-20)19(25)26-12-18(24)16-11-15(22)6-7-17(16)23/h3-7,10-11H,1-2,8-9,12H2. The van der Waals surface area contributed by atoms with Gasteiger partial charge in [0.2, 0.25) is 5.78 Å². The van der Waals surface area contributed by atoms with E-state index in [0.717, 1.165) is 31.0 Å². The number of ketones is 1. The molecule has 1 aliphatic rings. The number of hydrogen-bond acceptors (Lipinski definition) is 3. The van der Waals surface area contributed by atoms with Gasteiger partial charge in [-0.05, 0) is 48.7 Å². The largest absolute Gasteiger partial charge is 0.457 e. The van der Waals surface area contributed by atoms with Crippen LogP contribution in [0.5, 0.6) is 0 Å². The van der Waals surface area contributed by atoms with Crippen LogP contribution in [0.15, 0.2) is 42.5 Å². The topological polar surface area (TPSA) is 43.4 Å². The van der Waals surface area contributed by atoms with Crippen molar-refractivity contribution in [1.82, 2.24) is 0 Å². The molecule has 6 heteroatoms. The van der Waals surface area contributed by atoms with E-state index in [2.05, 4.69) is 0 Å². The highest BCUT2D eigenvalue weighted by Gasteiger charge is 2.44. The van der Waals surface area contributed by atoms with Crippen LogP contribution in [0.25, 0.3) is 0 Å². The van der Waals surface area contributed by atoms with Crippen molar-refractivity contribution in [3.05, 3.63) is 71.0 Å². The summed E-state index contributed by atoms with van der Waals surface area (Å²) in [5, 5.41) is 0. The maximum Gasteiger partial charge on any atom is 0.317 e. The third-order valence-electron chi connectivity index (χ3n) is 4.79. The molecule has 2 aromatic rings. The Labute approximate surface area is 148 Å². The molecular formula is C20H17F3O3. The van der Waals surface area contributed by atoms with Crippen LogP contribution in [0.2, 0.25) is 0 Å². The number of Topliss-reactive ketones (excluding diaryl/α,β-unsaturated/α-hetero) is 1. The van der Waals surface area contributed by atoms with Gasteiger partial charge >= 0.3 is 5.97 Å². The molecule has 0 unspecified atom stereocenters. The minimum absolute atomic E-state index is 0.459. The lowest BCUT2D eigenvalue weighted by molar-refractivity contribution is -0.149. The van der Waals surface area contributed by atoms with Crippen molar-refractivity contribution in [2.45, 2.75) is 31.1 Å². The van der Waals surface area contributed by atoms with Gasteiger partial charge in [-0.25, -0.2) is 13.2 Å². The fourth-order valence-corrected chi connectivity index (χ4v) is 3.43. The van der Waals surface area contributed by atoms with E-state index in [0.29, 0.717) is 18.4 Å². The summed E-state index contributed by atoms with van der Waals surface area (Å²) in [6.07, 6.45) is 2.52. The Morgan fingerprint density at radius 3 is 2.35 bits per heavy atom. The van der Waals surface area contributed by atoms with Gasteiger partial charge in [0, 0.05) is 0 Å². The first-order chi connectivity index (χ1) is 12.4. The van der Waals surface area contributed by atoms with Crippen molar-refractivity contribution >= 4 is 11.8 Å². The van der Waals surface area contributed by atoms with Crippen molar-refractivity contribution in [3.63, 3.8) is 0 Å². The number of carbonyl (C=O) groups excluding carboxylic acids is 2. The summed E-state index contributed by atoms with van der Waals surface area (Å²) in [5.74, 6) is -3.57. The Hall–Kier alpha value is -2.63. The Kier molecular flexibility index (Phi) is 5.11. The van der Waals surface area contributed by atoms with Crippen LogP contribution in [-0.2, 0) is 14.9 Å². The SMILES string of the molecule is O=C(COC(=O)C1(c2cccc(F)c2)CCCC1)c1cc(F)ccc1F. The average molecular weight is 362 g/mol. The van der Waals surface area contributed by atoms with Crippen LogP contribution in [-0.4, -0.2) is 18.4 Å². The van der Waals surface area contributed by atoms with Crippen LogP contribution in [0, 0.1) is 17.5 Å².